The Morgan fingerprint density at radius 2 is 1.62 bits per heavy atom. The molecule has 4 heterocycles. The molecule has 2 N–H and O–H groups in total. The number of nitrogens with two attached hydrogens (primary N) is 1. The van der Waals surface area contributed by atoms with Crippen molar-refractivity contribution in [3.8, 4) is 0 Å². The van der Waals surface area contributed by atoms with Crippen LogP contribution in [0, 0.1) is 0 Å². The van der Waals surface area contributed by atoms with E-state index in [0.29, 0.717) is 5.95 Å². The number of nitrogen functional groups attached to an aromatic ring is 1. The molecule has 2 saturated heterocycles. The van der Waals surface area contributed by atoms with Crippen molar-refractivity contribution in [1.82, 2.24) is 29.6 Å². The van der Waals surface area contributed by atoms with Gasteiger partial charge in [0.25, 0.3) is 0 Å². The molecule has 2 aliphatic rings. The number of aromatic nitrogens is 5. The van der Waals surface area contributed by atoms with Gasteiger partial charge in [0.15, 0.2) is 0 Å². The molecule has 26 heavy (non-hydrogen) atoms. The van der Waals surface area contributed by atoms with Gasteiger partial charge < -0.3 is 15.5 Å². The van der Waals surface area contributed by atoms with E-state index in [1.54, 1.807) is 6.33 Å². The monoisotopic (exact) mass is 357 g/mol. The highest BCUT2D eigenvalue weighted by Crippen LogP contribution is 2.24. The summed E-state index contributed by atoms with van der Waals surface area (Å²) in [6.07, 6.45) is 4.08. The molecule has 0 unspecified atom stereocenters. The van der Waals surface area contributed by atoms with Crippen LogP contribution in [0.4, 0.5) is 17.6 Å². The summed E-state index contributed by atoms with van der Waals surface area (Å²) in [6.45, 7) is 9.70. The maximum Gasteiger partial charge on any atom is 0.223 e. The molecule has 2 fully saturated rings. The molecule has 0 radical (unpaired) electrons. The SMILES string of the molecule is CCn1ncnc1CN1CCN(c2cc(N3CCCC3)nc(N)n2)CC1. The fourth-order valence-electron chi connectivity index (χ4n) is 3.72. The lowest BCUT2D eigenvalue weighted by molar-refractivity contribution is 0.239. The van der Waals surface area contributed by atoms with Gasteiger partial charge in [0.1, 0.15) is 23.8 Å². The van der Waals surface area contributed by atoms with Crippen molar-refractivity contribution in [3.05, 3.63) is 18.2 Å². The van der Waals surface area contributed by atoms with E-state index in [2.05, 4.69) is 47.7 Å². The van der Waals surface area contributed by atoms with Crippen molar-refractivity contribution in [3.63, 3.8) is 0 Å². The number of nitrogens with zero attached hydrogens (tertiary/aromatic N) is 8. The third-order valence-corrected chi connectivity index (χ3v) is 5.20. The molecule has 0 amide bonds. The van der Waals surface area contributed by atoms with Crippen LogP contribution >= 0.6 is 0 Å². The Bertz CT molecular complexity index is 730. The summed E-state index contributed by atoms with van der Waals surface area (Å²) in [5.41, 5.74) is 5.98. The van der Waals surface area contributed by atoms with E-state index in [1.165, 1.54) is 12.8 Å². The highest BCUT2D eigenvalue weighted by molar-refractivity contribution is 5.54. The molecule has 0 bridgehead atoms. The van der Waals surface area contributed by atoms with Crippen molar-refractivity contribution < 1.29 is 0 Å². The van der Waals surface area contributed by atoms with Gasteiger partial charge >= 0.3 is 0 Å². The van der Waals surface area contributed by atoms with Crippen molar-refractivity contribution in [2.24, 2.45) is 0 Å². The Balaban J connectivity index is 1.40. The van der Waals surface area contributed by atoms with Gasteiger partial charge in [0, 0.05) is 51.9 Å². The second-order valence-corrected chi connectivity index (χ2v) is 6.89. The van der Waals surface area contributed by atoms with Gasteiger partial charge in [0.2, 0.25) is 5.95 Å². The van der Waals surface area contributed by atoms with Gasteiger partial charge in [-0.25, -0.2) is 9.67 Å². The quantitative estimate of drug-likeness (QED) is 0.831. The minimum absolute atomic E-state index is 0.364. The average Bonchev–Trinajstić information content (AvgIpc) is 3.33. The molecule has 0 aliphatic carbocycles. The second kappa shape index (κ2) is 7.45. The van der Waals surface area contributed by atoms with E-state index < -0.39 is 0 Å². The van der Waals surface area contributed by atoms with Crippen LogP contribution in [0.1, 0.15) is 25.6 Å². The van der Waals surface area contributed by atoms with E-state index in [9.17, 15) is 0 Å². The molecule has 2 aliphatic heterocycles. The zero-order chi connectivity index (χ0) is 17.9. The molecule has 0 saturated carbocycles. The van der Waals surface area contributed by atoms with Crippen molar-refractivity contribution in [2.75, 3.05) is 54.8 Å². The molecule has 0 spiro atoms. The van der Waals surface area contributed by atoms with Gasteiger partial charge in [-0.2, -0.15) is 15.1 Å². The van der Waals surface area contributed by atoms with Gasteiger partial charge in [-0.1, -0.05) is 0 Å². The summed E-state index contributed by atoms with van der Waals surface area (Å²) in [4.78, 5) is 20.3. The van der Waals surface area contributed by atoms with Crippen LogP contribution < -0.4 is 15.5 Å². The zero-order valence-corrected chi connectivity index (χ0v) is 15.4. The standard InChI is InChI=1S/C17H27N9/c1-2-26-16(19-13-20-26)12-23-7-9-25(10-8-23)15-11-14(21-17(18)22-15)24-5-3-4-6-24/h11,13H,2-10,12H2,1H3,(H2,18,21,22). The third kappa shape index (κ3) is 3.57. The summed E-state index contributed by atoms with van der Waals surface area (Å²) in [5, 5.41) is 4.25. The summed E-state index contributed by atoms with van der Waals surface area (Å²) in [7, 11) is 0. The fourth-order valence-corrected chi connectivity index (χ4v) is 3.72. The molecule has 0 aromatic carbocycles. The summed E-state index contributed by atoms with van der Waals surface area (Å²) in [6, 6.07) is 2.09. The molecule has 9 heteroatoms. The first kappa shape index (κ1) is 17.0. The maximum atomic E-state index is 5.98. The number of hydrogen-bond donors (Lipinski definition) is 1. The molecule has 4 rings (SSSR count). The maximum absolute atomic E-state index is 5.98. The average molecular weight is 357 g/mol. The van der Waals surface area contributed by atoms with Crippen LogP contribution in [-0.4, -0.2) is 68.9 Å². The van der Waals surface area contributed by atoms with Crippen molar-refractivity contribution in [2.45, 2.75) is 32.9 Å². The minimum Gasteiger partial charge on any atom is -0.368 e. The highest BCUT2D eigenvalue weighted by atomic mass is 15.4. The first-order valence-corrected chi connectivity index (χ1v) is 9.46. The van der Waals surface area contributed by atoms with Crippen LogP contribution in [0.25, 0.3) is 0 Å². The van der Waals surface area contributed by atoms with E-state index in [0.717, 1.165) is 69.8 Å². The third-order valence-electron chi connectivity index (χ3n) is 5.20. The van der Waals surface area contributed by atoms with Crippen LogP contribution in [0.5, 0.6) is 0 Å². The van der Waals surface area contributed by atoms with E-state index >= 15 is 0 Å². The lowest BCUT2D eigenvalue weighted by atomic mass is 10.3. The minimum atomic E-state index is 0.364. The zero-order valence-electron chi connectivity index (χ0n) is 15.4. The predicted octanol–water partition coefficient (Wildman–Crippen LogP) is 0.593. The van der Waals surface area contributed by atoms with Crippen LogP contribution in [0.2, 0.25) is 0 Å². The van der Waals surface area contributed by atoms with Gasteiger partial charge in [-0.3, -0.25) is 4.90 Å². The van der Waals surface area contributed by atoms with Crippen molar-refractivity contribution in [1.29, 1.82) is 0 Å². The van der Waals surface area contributed by atoms with E-state index in [1.807, 2.05) is 4.68 Å². The molecular formula is C17H27N9. The predicted molar refractivity (Wildman–Crippen MR) is 101 cm³/mol. The second-order valence-electron chi connectivity index (χ2n) is 6.89. The molecule has 2 aromatic rings. The van der Waals surface area contributed by atoms with Gasteiger partial charge in [-0.05, 0) is 19.8 Å². The van der Waals surface area contributed by atoms with Crippen LogP contribution in [0.15, 0.2) is 12.4 Å². The highest BCUT2D eigenvalue weighted by Gasteiger charge is 2.22. The van der Waals surface area contributed by atoms with Crippen molar-refractivity contribution >= 4 is 17.6 Å². The Morgan fingerprint density at radius 3 is 2.27 bits per heavy atom. The van der Waals surface area contributed by atoms with E-state index in [4.69, 9.17) is 5.73 Å². The van der Waals surface area contributed by atoms with Crippen LogP contribution in [-0.2, 0) is 13.1 Å². The Kier molecular flexibility index (Phi) is 4.87. The normalized spacial score (nSPS) is 18.7. The number of hydrogen-bond acceptors (Lipinski definition) is 8. The van der Waals surface area contributed by atoms with Gasteiger partial charge in [0.05, 0.1) is 6.54 Å². The van der Waals surface area contributed by atoms with Gasteiger partial charge in [-0.15, -0.1) is 0 Å². The van der Waals surface area contributed by atoms with Crippen LogP contribution in [0.3, 0.4) is 0 Å². The topological polar surface area (TPSA) is 92.2 Å². The first-order valence-electron chi connectivity index (χ1n) is 9.46. The number of rotatable bonds is 5. The number of aryl methyl sites for hydroxylation is 1. The Hall–Kier alpha value is -2.42. The van der Waals surface area contributed by atoms with E-state index in [-0.39, 0.29) is 0 Å². The molecular weight excluding hydrogens is 330 g/mol. The lowest BCUT2D eigenvalue weighted by Crippen LogP contribution is -2.46. The molecule has 9 nitrogen and oxygen atoms in total. The lowest BCUT2D eigenvalue weighted by Gasteiger charge is -2.35. The first-order chi connectivity index (χ1) is 12.7. The molecule has 0 atom stereocenters. The summed E-state index contributed by atoms with van der Waals surface area (Å²) in [5.74, 6) is 3.30. The molecule has 2 aromatic heterocycles. The summed E-state index contributed by atoms with van der Waals surface area (Å²) < 4.78 is 1.96. The molecule has 140 valence electrons. The summed E-state index contributed by atoms with van der Waals surface area (Å²) >= 11 is 0. The Morgan fingerprint density at radius 1 is 0.962 bits per heavy atom. The Labute approximate surface area is 153 Å². The smallest absolute Gasteiger partial charge is 0.223 e. The number of anilines is 3. The fraction of sp³-hybridized carbons (Fsp3) is 0.647. The largest absolute Gasteiger partial charge is 0.368 e. The number of piperazine rings is 1.